The van der Waals surface area contributed by atoms with E-state index in [1.54, 1.807) is 60.7 Å². The summed E-state index contributed by atoms with van der Waals surface area (Å²) in [7, 11) is 0. The molecule has 0 atom stereocenters. The van der Waals surface area contributed by atoms with Crippen LogP contribution in [0.1, 0.15) is 18.3 Å². The van der Waals surface area contributed by atoms with E-state index < -0.39 is 0 Å². The number of benzene rings is 2. The Labute approximate surface area is 138 Å². The number of hydrogen-bond donors (Lipinski definition) is 1. The molecule has 0 fully saturated rings. The first-order chi connectivity index (χ1) is 11.6. The summed E-state index contributed by atoms with van der Waals surface area (Å²) in [6, 6.07) is 13.8. The molecule has 0 saturated carbocycles. The first-order valence-electron chi connectivity index (χ1n) is 7.20. The molecule has 24 heavy (non-hydrogen) atoms. The van der Waals surface area contributed by atoms with E-state index in [4.69, 9.17) is 9.26 Å². The van der Waals surface area contributed by atoms with Crippen molar-refractivity contribution in [3.63, 3.8) is 0 Å². The van der Waals surface area contributed by atoms with Crippen molar-refractivity contribution < 1.29 is 19.2 Å². The predicted molar refractivity (Wildman–Crippen MR) is 88.1 cm³/mol. The van der Waals surface area contributed by atoms with Gasteiger partial charge in [-0.05, 0) is 35.9 Å². The highest BCUT2D eigenvalue weighted by Gasteiger charge is 2.10. The SMILES string of the molecule is CC(=O)Oc1ccc(C=Cc2noc(-c3ccccc3O)n2)cc1. The van der Waals surface area contributed by atoms with Gasteiger partial charge in [-0.2, -0.15) is 4.98 Å². The second kappa shape index (κ2) is 6.78. The van der Waals surface area contributed by atoms with Gasteiger partial charge < -0.3 is 14.4 Å². The van der Waals surface area contributed by atoms with Crippen LogP contribution < -0.4 is 4.74 Å². The quantitative estimate of drug-likeness (QED) is 0.584. The number of carbonyl (C=O) groups excluding carboxylic acids is 1. The van der Waals surface area contributed by atoms with E-state index in [9.17, 15) is 9.90 Å². The molecular weight excluding hydrogens is 308 g/mol. The Hall–Kier alpha value is -3.41. The number of hydrogen-bond acceptors (Lipinski definition) is 6. The van der Waals surface area contributed by atoms with Gasteiger partial charge in [0.2, 0.25) is 0 Å². The minimum Gasteiger partial charge on any atom is -0.507 e. The minimum atomic E-state index is -0.359. The number of rotatable bonds is 4. The smallest absolute Gasteiger partial charge is 0.308 e. The van der Waals surface area contributed by atoms with Crippen LogP contribution in [0.3, 0.4) is 0 Å². The fourth-order valence-corrected chi connectivity index (χ4v) is 2.05. The molecule has 0 spiro atoms. The lowest BCUT2D eigenvalue weighted by atomic mass is 10.2. The van der Waals surface area contributed by atoms with Gasteiger partial charge in [-0.15, -0.1) is 0 Å². The van der Waals surface area contributed by atoms with Crippen LogP contribution >= 0.6 is 0 Å². The van der Waals surface area contributed by atoms with Crippen LogP contribution in [0, 0.1) is 0 Å². The predicted octanol–water partition coefficient (Wildman–Crippen LogP) is 3.54. The van der Waals surface area contributed by atoms with Crippen LogP contribution in [0.4, 0.5) is 0 Å². The number of phenols is 1. The molecule has 1 aromatic heterocycles. The fraction of sp³-hybridized carbons (Fsp3) is 0.0556. The Balaban J connectivity index is 1.73. The van der Waals surface area contributed by atoms with E-state index in [-0.39, 0.29) is 17.6 Å². The van der Waals surface area contributed by atoms with E-state index in [0.29, 0.717) is 17.1 Å². The molecule has 0 aliphatic carbocycles. The number of aromatic nitrogens is 2. The highest BCUT2D eigenvalue weighted by molar-refractivity contribution is 5.71. The number of ether oxygens (including phenoxy) is 1. The molecule has 6 heteroatoms. The number of nitrogens with zero attached hydrogens (tertiary/aromatic N) is 2. The van der Waals surface area contributed by atoms with Gasteiger partial charge in [0.15, 0.2) is 5.82 Å². The molecule has 0 bridgehead atoms. The van der Waals surface area contributed by atoms with Crippen LogP contribution in [-0.2, 0) is 4.79 Å². The molecule has 1 N–H and O–H groups in total. The van der Waals surface area contributed by atoms with Crippen molar-refractivity contribution in [1.29, 1.82) is 0 Å². The second-order valence-electron chi connectivity index (χ2n) is 4.97. The number of carbonyl (C=O) groups is 1. The van der Waals surface area contributed by atoms with Gasteiger partial charge in [-0.25, -0.2) is 0 Å². The first-order valence-corrected chi connectivity index (χ1v) is 7.20. The summed E-state index contributed by atoms with van der Waals surface area (Å²) >= 11 is 0. The molecule has 120 valence electrons. The van der Waals surface area contributed by atoms with Crippen molar-refractivity contribution in [2.75, 3.05) is 0 Å². The van der Waals surface area contributed by atoms with Crippen LogP contribution in [0.2, 0.25) is 0 Å². The lowest BCUT2D eigenvalue weighted by molar-refractivity contribution is -0.131. The number of para-hydroxylation sites is 1. The fourth-order valence-electron chi connectivity index (χ4n) is 2.05. The molecule has 2 aromatic carbocycles. The summed E-state index contributed by atoms with van der Waals surface area (Å²) in [6.07, 6.45) is 3.49. The molecule has 0 saturated heterocycles. The largest absolute Gasteiger partial charge is 0.507 e. The Morgan fingerprint density at radius 3 is 2.58 bits per heavy atom. The van der Waals surface area contributed by atoms with Crippen molar-refractivity contribution >= 4 is 18.1 Å². The maximum atomic E-state index is 10.9. The zero-order valence-electron chi connectivity index (χ0n) is 12.8. The monoisotopic (exact) mass is 322 g/mol. The molecule has 0 unspecified atom stereocenters. The van der Waals surface area contributed by atoms with E-state index in [1.165, 1.54) is 6.92 Å². The maximum Gasteiger partial charge on any atom is 0.308 e. The first kappa shape index (κ1) is 15.5. The van der Waals surface area contributed by atoms with Crippen molar-refractivity contribution in [3.8, 4) is 23.0 Å². The standard InChI is InChI=1S/C18H14N2O4/c1-12(21)23-14-9-6-13(7-10-14)8-11-17-19-18(24-20-17)15-4-2-3-5-16(15)22/h2-11,22H,1H3. The van der Waals surface area contributed by atoms with Gasteiger partial charge in [-0.1, -0.05) is 35.5 Å². The second-order valence-corrected chi connectivity index (χ2v) is 4.97. The molecule has 0 amide bonds. The number of esters is 1. The Morgan fingerprint density at radius 2 is 1.88 bits per heavy atom. The normalized spacial score (nSPS) is 10.9. The third kappa shape index (κ3) is 3.67. The summed E-state index contributed by atoms with van der Waals surface area (Å²) in [4.78, 5) is 15.1. The van der Waals surface area contributed by atoms with Crippen LogP contribution in [0.5, 0.6) is 11.5 Å². The highest BCUT2D eigenvalue weighted by Crippen LogP contribution is 2.27. The number of phenolic OH excluding ortho intramolecular Hbond substituents is 1. The van der Waals surface area contributed by atoms with Gasteiger partial charge >= 0.3 is 5.97 Å². The van der Waals surface area contributed by atoms with Crippen molar-refractivity contribution in [2.45, 2.75) is 6.92 Å². The third-order valence-corrected chi connectivity index (χ3v) is 3.14. The summed E-state index contributed by atoms with van der Waals surface area (Å²) in [5.74, 6) is 0.843. The van der Waals surface area contributed by atoms with Gasteiger partial charge in [-0.3, -0.25) is 4.79 Å². The molecule has 3 aromatic rings. The Kier molecular flexibility index (Phi) is 4.38. The molecule has 3 rings (SSSR count). The summed E-state index contributed by atoms with van der Waals surface area (Å²) in [5, 5.41) is 13.6. The van der Waals surface area contributed by atoms with Gasteiger partial charge in [0, 0.05) is 6.92 Å². The average molecular weight is 322 g/mol. The summed E-state index contributed by atoms with van der Waals surface area (Å²) < 4.78 is 10.1. The van der Waals surface area contributed by atoms with Crippen LogP contribution in [-0.4, -0.2) is 21.2 Å². The summed E-state index contributed by atoms with van der Waals surface area (Å²) in [5.41, 5.74) is 1.37. The maximum absolute atomic E-state index is 10.9. The van der Waals surface area contributed by atoms with E-state index in [0.717, 1.165) is 5.56 Å². The zero-order valence-corrected chi connectivity index (χ0v) is 12.8. The van der Waals surface area contributed by atoms with E-state index in [2.05, 4.69) is 10.1 Å². The Morgan fingerprint density at radius 1 is 1.12 bits per heavy atom. The Bertz CT molecular complexity index is 882. The molecule has 0 aliphatic heterocycles. The van der Waals surface area contributed by atoms with Gasteiger partial charge in [0.1, 0.15) is 11.5 Å². The zero-order chi connectivity index (χ0) is 16.9. The van der Waals surface area contributed by atoms with E-state index >= 15 is 0 Å². The topological polar surface area (TPSA) is 85.5 Å². The number of aromatic hydroxyl groups is 1. The average Bonchev–Trinajstić information content (AvgIpc) is 3.03. The van der Waals surface area contributed by atoms with Crippen molar-refractivity contribution in [1.82, 2.24) is 10.1 Å². The van der Waals surface area contributed by atoms with Gasteiger partial charge in [0.25, 0.3) is 5.89 Å². The van der Waals surface area contributed by atoms with Crippen LogP contribution in [0.15, 0.2) is 53.1 Å². The molecule has 6 nitrogen and oxygen atoms in total. The molecule has 1 heterocycles. The molecule has 0 aliphatic rings. The lowest BCUT2D eigenvalue weighted by Crippen LogP contribution is -2.00. The molecular formula is C18H14N2O4. The third-order valence-electron chi connectivity index (χ3n) is 3.14. The van der Waals surface area contributed by atoms with Crippen molar-refractivity contribution in [2.24, 2.45) is 0 Å². The van der Waals surface area contributed by atoms with E-state index in [1.807, 2.05) is 0 Å². The molecule has 0 radical (unpaired) electrons. The van der Waals surface area contributed by atoms with Crippen LogP contribution in [0.25, 0.3) is 23.6 Å². The van der Waals surface area contributed by atoms with Gasteiger partial charge in [0.05, 0.1) is 5.56 Å². The highest BCUT2D eigenvalue weighted by atomic mass is 16.5. The summed E-state index contributed by atoms with van der Waals surface area (Å²) in [6.45, 7) is 1.35. The van der Waals surface area contributed by atoms with Crippen molar-refractivity contribution in [3.05, 3.63) is 59.9 Å². The minimum absolute atomic E-state index is 0.0812. The lowest BCUT2D eigenvalue weighted by Gasteiger charge is -2.00.